The lowest BCUT2D eigenvalue weighted by Gasteiger charge is -2.11. The third-order valence-electron chi connectivity index (χ3n) is 3.05. The summed E-state index contributed by atoms with van der Waals surface area (Å²) in [6, 6.07) is 6.20. The normalized spacial score (nSPS) is 10.4. The molecular formula is C17H21N3OS. The van der Waals surface area contributed by atoms with Crippen molar-refractivity contribution in [2.24, 2.45) is 0 Å². The van der Waals surface area contributed by atoms with Crippen LogP contribution in [0.2, 0.25) is 0 Å². The largest absolute Gasteiger partial charge is 0.489 e. The van der Waals surface area contributed by atoms with Crippen LogP contribution in [0.15, 0.2) is 48.9 Å². The topological polar surface area (TPSA) is 60.2 Å². The van der Waals surface area contributed by atoms with Gasteiger partial charge >= 0.3 is 0 Å². The maximum atomic E-state index is 5.66. The van der Waals surface area contributed by atoms with Crippen molar-refractivity contribution in [2.75, 3.05) is 12.3 Å². The van der Waals surface area contributed by atoms with E-state index in [0.29, 0.717) is 18.3 Å². The number of hydrogen-bond donors (Lipinski definition) is 2. The summed E-state index contributed by atoms with van der Waals surface area (Å²) >= 11 is 1.46. The molecule has 0 aliphatic carbocycles. The molecule has 0 spiro atoms. The highest BCUT2D eigenvalue weighted by Crippen LogP contribution is 2.21. The summed E-state index contributed by atoms with van der Waals surface area (Å²) in [7, 11) is 0. The number of ether oxygens (including phenoxy) is 1. The molecule has 3 N–H and O–H groups in total. The lowest BCUT2D eigenvalue weighted by atomic mass is 10.1. The molecule has 0 saturated carbocycles. The molecule has 1 heterocycles. The highest BCUT2D eigenvalue weighted by molar-refractivity contribution is 7.13. The fourth-order valence-electron chi connectivity index (χ4n) is 2.09. The van der Waals surface area contributed by atoms with Gasteiger partial charge in [-0.2, -0.15) is 0 Å². The Labute approximate surface area is 135 Å². The van der Waals surface area contributed by atoms with Crippen molar-refractivity contribution in [3.8, 4) is 5.75 Å². The van der Waals surface area contributed by atoms with Crippen LogP contribution in [-0.2, 0) is 19.5 Å². The summed E-state index contributed by atoms with van der Waals surface area (Å²) in [5, 5.41) is 5.94. The van der Waals surface area contributed by atoms with E-state index in [-0.39, 0.29) is 0 Å². The second-order valence-electron chi connectivity index (χ2n) is 4.82. The Morgan fingerprint density at radius 1 is 1.27 bits per heavy atom. The van der Waals surface area contributed by atoms with Crippen molar-refractivity contribution >= 4 is 16.5 Å². The maximum Gasteiger partial charge on any atom is 0.180 e. The number of benzene rings is 1. The number of allylic oxidation sites excluding steroid dienone is 1. The van der Waals surface area contributed by atoms with E-state index in [1.807, 2.05) is 17.5 Å². The van der Waals surface area contributed by atoms with E-state index in [0.717, 1.165) is 30.0 Å². The predicted molar refractivity (Wildman–Crippen MR) is 93.1 cm³/mol. The highest BCUT2D eigenvalue weighted by atomic mass is 32.1. The van der Waals surface area contributed by atoms with Gasteiger partial charge in [0, 0.05) is 18.5 Å². The Kier molecular flexibility index (Phi) is 6.18. The molecule has 0 bridgehead atoms. The van der Waals surface area contributed by atoms with Crippen LogP contribution in [-0.4, -0.2) is 11.6 Å². The summed E-state index contributed by atoms with van der Waals surface area (Å²) in [5.74, 6) is 0.885. The Morgan fingerprint density at radius 3 is 2.82 bits per heavy atom. The first-order chi connectivity index (χ1) is 10.7. The summed E-state index contributed by atoms with van der Waals surface area (Å²) < 4.78 is 5.66. The zero-order chi connectivity index (χ0) is 15.8. The minimum Gasteiger partial charge on any atom is -0.489 e. The first-order valence-corrected chi connectivity index (χ1v) is 7.98. The molecule has 116 valence electrons. The Hall–Kier alpha value is -2.11. The van der Waals surface area contributed by atoms with Gasteiger partial charge in [-0.15, -0.1) is 17.9 Å². The Bertz CT molecular complexity index is 637. The number of thiazole rings is 1. The molecule has 0 saturated heterocycles. The first-order valence-electron chi connectivity index (χ1n) is 7.10. The molecule has 4 nitrogen and oxygen atoms in total. The minimum absolute atomic E-state index is 0.507. The summed E-state index contributed by atoms with van der Waals surface area (Å²) in [5.41, 5.74) is 8.93. The number of aromatic nitrogens is 1. The van der Waals surface area contributed by atoms with Gasteiger partial charge in [-0.3, -0.25) is 0 Å². The van der Waals surface area contributed by atoms with Crippen LogP contribution in [0.25, 0.3) is 0 Å². The summed E-state index contributed by atoms with van der Waals surface area (Å²) in [4.78, 5) is 4.23. The lowest BCUT2D eigenvalue weighted by molar-refractivity contribution is 0.359. The molecule has 0 aliphatic heterocycles. The van der Waals surface area contributed by atoms with Crippen LogP contribution in [0.1, 0.15) is 16.8 Å². The van der Waals surface area contributed by atoms with Crippen molar-refractivity contribution in [2.45, 2.75) is 19.5 Å². The van der Waals surface area contributed by atoms with Crippen molar-refractivity contribution in [1.82, 2.24) is 10.3 Å². The van der Waals surface area contributed by atoms with Crippen LogP contribution in [0.3, 0.4) is 0 Å². The quantitative estimate of drug-likeness (QED) is 0.697. The molecule has 0 aliphatic rings. The Balaban J connectivity index is 1.96. The number of nitrogens with two attached hydrogens (primary N) is 1. The molecule has 2 rings (SSSR count). The van der Waals surface area contributed by atoms with Crippen LogP contribution >= 0.6 is 11.3 Å². The number of nitrogens with zero attached hydrogens (tertiary/aromatic N) is 1. The number of rotatable bonds is 9. The molecule has 5 heteroatoms. The molecule has 2 aromatic rings. The minimum atomic E-state index is 0.507. The predicted octanol–water partition coefficient (Wildman–Crippen LogP) is 3.31. The van der Waals surface area contributed by atoms with Gasteiger partial charge in [0.05, 0.1) is 5.69 Å². The highest BCUT2D eigenvalue weighted by Gasteiger charge is 2.05. The van der Waals surface area contributed by atoms with Crippen LogP contribution in [0.4, 0.5) is 5.13 Å². The monoisotopic (exact) mass is 315 g/mol. The van der Waals surface area contributed by atoms with E-state index in [1.54, 1.807) is 6.08 Å². The standard InChI is InChI=1S/C17H21N3OS/c1-3-5-14-9-13(6-7-16(14)21-8-4-2)10-19-11-15-12-22-17(18)20-15/h3-4,6-7,9,12,19H,1-2,5,8,10-11H2,(H2,18,20). The van der Waals surface area contributed by atoms with Gasteiger partial charge in [-0.05, 0) is 23.6 Å². The van der Waals surface area contributed by atoms with Gasteiger partial charge in [-0.1, -0.05) is 30.9 Å². The van der Waals surface area contributed by atoms with Crippen molar-refractivity contribution in [1.29, 1.82) is 0 Å². The molecule has 0 atom stereocenters. The van der Waals surface area contributed by atoms with E-state index in [4.69, 9.17) is 10.5 Å². The fourth-order valence-corrected chi connectivity index (χ4v) is 2.65. The van der Waals surface area contributed by atoms with Gasteiger partial charge in [-0.25, -0.2) is 4.98 Å². The smallest absolute Gasteiger partial charge is 0.180 e. The molecule has 0 unspecified atom stereocenters. The van der Waals surface area contributed by atoms with Crippen molar-refractivity contribution in [3.05, 3.63) is 65.7 Å². The third-order valence-corrected chi connectivity index (χ3v) is 3.77. The average molecular weight is 315 g/mol. The molecule has 1 aromatic carbocycles. The van der Waals surface area contributed by atoms with Crippen LogP contribution in [0, 0.1) is 0 Å². The second-order valence-corrected chi connectivity index (χ2v) is 5.70. The number of nitrogen functional groups attached to an aromatic ring is 1. The molecule has 22 heavy (non-hydrogen) atoms. The lowest BCUT2D eigenvalue weighted by Crippen LogP contribution is -2.13. The Morgan fingerprint density at radius 2 is 2.14 bits per heavy atom. The summed E-state index contributed by atoms with van der Waals surface area (Å²) in [6.07, 6.45) is 4.40. The van der Waals surface area contributed by atoms with E-state index < -0.39 is 0 Å². The SMILES string of the molecule is C=CCOc1ccc(CNCc2csc(N)n2)cc1CC=C. The molecule has 0 amide bonds. The van der Waals surface area contributed by atoms with Crippen LogP contribution < -0.4 is 15.8 Å². The van der Waals surface area contributed by atoms with Crippen LogP contribution in [0.5, 0.6) is 5.75 Å². The second kappa shape index (κ2) is 8.36. The molecule has 1 aromatic heterocycles. The fraction of sp³-hybridized carbons (Fsp3) is 0.235. The van der Waals surface area contributed by atoms with Gasteiger partial charge in [0.2, 0.25) is 0 Å². The third kappa shape index (κ3) is 4.72. The van der Waals surface area contributed by atoms with Gasteiger partial charge < -0.3 is 15.8 Å². The maximum absolute atomic E-state index is 5.66. The van der Waals surface area contributed by atoms with Gasteiger partial charge in [0.1, 0.15) is 12.4 Å². The first kappa shape index (κ1) is 16.3. The molecule has 0 fully saturated rings. The van der Waals surface area contributed by atoms with Gasteiger partial charge in [0.25, 0.3) is 0 Å². The number of anilines is 1. The number of hydrogen-bond acceptors (Lipinski definition) is 5. The number of nitrogens with one attached hydrogen (secondary N) is 1. The van der Waals surface area contributed by atoms with E-state index >= 15 is 0 Å². The molecular weight excluding hydrogens is 294 g/mol. The van der Waals surface area contributed by atoms with E-state index in [9.17, 15) is 0 Å². The van der Waals surface area contributed by atoms with Crippen molar-refractivity contribution < 1.29 is 4.74 Å². The average Bonchev–Trinajstić information content (AvgIpc) is 2.92. The van der Waals surface area contributed by atoms with E-state index in [1.165, 1.54) is 16.9 Å². The zero-order valence-electron chi connectivity index (χ0n) is 12.5. The van der Waals surface area contributed by atoms with E-state index in [2.05, 4.69) is 35.6 Å². The van der Waals surface area contributed by atoms with Gasteiger partial charge in [0.15, 0.2) is 5.13 Å². The molecule has 0 radical (unpaired) electrons. The zero-order valence-corrected chi connectivity index (χ0v) is 13.4. The van der Waals surface area contributed by atoms with Crippen molar-refractivity contribution in [3.63, 3.8) is 0 Å². The summed E-state index contributed by atoms with van der Waals surface area (Å²) in [6.45, 7) is 9.45.